The minimum absolute atomic E-state index is 1.22. The Morgan fingerprint density at radius 3 is 1.56 bits per heavy atom. The summed E-state index contributed by atoms with van der Waals surface area (Å²) in [6, 6.07) is 4.61. The van der Waals surface area contributed by atoms with Crippen LogP contribution in [0.4, 0.5) is 0 Å². The third-order valence-corrected chi connectivity index (χ3v) is 4.83. The van der Waals surface area contributed by atoms with E-state index < -0.39 is 0 Å². The molecule has 1 aromatic rings. The summed E-state index contributed by atoms with van der Waals surface area (Å²) in [5, 5.41) is 0. The first-order chi connectivity index (χ1) is 7.77. The summed E-state index contributed by atoms with van der Waals surface area (Å²) in [7, 11) is 0. The molecule has 0 radical (unpaired) electrons. The predicted octanol–water partition coefficient (Wildman–Crippen LogP) is 5.65. The van der Waals surface area contributed by atoms with Crippen LogP contribution in [0.1, 0.15) is 49.7 Å². The maximum Gasteiger partial charge on any atom is 0.0218 e. The molecule has 0 N–H and O–H groups in total. The van der Waals surface area contributed by atoms with Gasteiger partial charge in [0.1, 0.15) is 0 Å². The first-order valence-electron chi connectivity index (χ1n) is 6.24. The molecule has 0 heterocycles. The number of halogens is 2. The zero-order valence-corrected chi connectivity index (χ0v) is 12.7. The van der Waals surface area contributed by atoms with Gasteiger partial charge < -0.3 is 0 Å². The molecule has 2 rings (SSSR count). The standard InChI is InChI=1S/C14H18Br2/c15-13-10-14(16)12-8-6-4-2-1-3-5-7-11(13)9-12/h9-10H,1-8H2. The Kier molecular flexibility index (Phi) is 4.90. The molecule has 0 saturated carbocycles. The number of hydrogen-bond acceptors (Lipinski definition) is 0. The highest BCUT2D eigenvalue weighted by Gasteiger charge is 2.08. The van der Waals surface area contributed by atoms with Crippen LogP contribution in [0.15, 0.2) is 21.1 Å². The minimum Gasteiger partial charge on any atom is -0.0536 e. The van der Waals surface area contributed by atoms with Crippen molar-refractivity contribution in [2.45, 2.75) is 51.4 Å². The van der Waals surface area contributed by atoms with E-state index in [0.29, 0.717) is 0 Å². The van der Waals surface area contributed by atoms with Gasteiger partial charge in [-0.05, 0) is 42.9 Å². The lowest BCUT2D eigenvalue weighted by Gasteiger charge is -2.09. The molecule has 0 unspecified atom stereocenters. The first kappa shape index (κ1) is 12.6. The van der Waals surface area contributed by atoms with E-state index in [9.17, 15) is 0 Å². The number of rotatable bonds is 0. The Bertz CT molecular complexity index is 327. The molecule has 1 aliphatic carbocycles. The van der Waals surface area contributed by atoms with Crippen molar-refractivity contribution >= 4 is 31.9 Å². The molecule has 0 amide bonds. The van der Waals surface area contributed by atoms with Crippen molar-refractivity contribution in [3.8, 4) is 0 Å². The lowest BCUT2D eigenvalue weighted by molar-refractivity contribution is 0.598. The summed E-state index contributed by atoms with van der Waals surface area (Å²) < 4.78 is 2.53. The Morgan fingerprint density at radius 1 is 0.625 bits per heavy atom. The summed E-state index contributed by atoms with van der Waals surface area (Å²) in [6.07, 6.45) is 10.7. The van der Waals surface area contributed by atoms with Gasteiger partial charge in [-0.2, -0.15) is 0 Å². The normalized spacial score (nSPS) is 17.9. The maximum atomic E-state index is 3.67. The van der Waals surface area contributed by atoms with E-state index in [1.807, 2.05) is 0 Å². The van der Waals surface area contributed by atoms with Crippen molar-refractivity contribution in [2.75, 3.05) is 0 Å². The van der Waals surface area contributed by atoms with Crippen molar-refractivity contribution in [3.63, 3.8) is 0 Å². The zero-order valence-electron chi connectivity index (χ0n) is 9.57. The Hall–Kier alpha value is 0.180. The van der Waals surface area contributed by atoms with Gasteiger partial charge in [-0.15, -0.1) is 0 Å². The van der Waals surface area contributed by atoms with Gasteiger partial charge in [-0.1, -0.05) is 63.6 Å². The van der Waals surface area contributed by atoms with E-state index in [1.165, 1.54) is 71.4 Å². The van der Waals surface area contributed by atoms with Crippen LogP contribution in [-0.4, -0.2) is 0 Å². The molecule has 0 spiro atoms. The molecule has 0 atom stereocenters. The van der Waals surface area contributed by atoms with Crippen LogP contribution in [0.2, 0.25) is 0 Å². The van der Waals surface area contributed by atoms with Gasteiger partial charge in [-0.3, -0.25) is 0 Å². The zero-order chi connectivity index (χ0) is 11.4. The van der Waals surface area contributed by atoms with E-state index in [0.717, 1.165) is 0 Å². The molecule has 16 heavy (non-hydrogen) atoms. The van der Waals surface area contributed by atoms with Gasteiger partial charge >= 0.3 is 0 Å². The largest absolute Gasteiger partial charge is 0.0536 e. The fourth-order valence-corrected chi connectivity index (χ4v) is 3.76. The lowest BCUT2D eigenvalue weighted by atomic mass is 10.0. The molecular formula is C14H18Br2. The van der Waals surface area contributed by atoms with E-state index >= 15 is 0 Å². The van der Waals surface area contributed by atoms with E-state index in [1.54, 1.807) is 0 Å². The van der Waals surface area contributed by atoms with Crippen molar-refractivity contribution in [1.29, 1.82) is 0 Å². The van der Waals surface area contributed by atoms with Crippen LogP contribution < -0.4 is 0 Å². The SMILES string of the molecule is Brc1cc(Br)c2cc1CCCCCCCC2. The number of aryl methyl sites for hydroxylation is 2. The van der Waals surface area contributed by atoms with Crippen molar-refractivity contribution in [3.05, 3.63) is 32.2 Å². The summed E-state index contributed by atoms with van der Waals surface area (Å²) in [5.74, 6) is 0. The average Bonchev–Trinajstić information content (AvgIpc) is 2.30. The van der Waals surface area contributed by atoms with Crippen molar-refractivity contribution in [1.82, 2.24) is 0 Å². The van der Waals surface area contributed by atoms with Crippen LogP contribution in [0, 0.1) is 0 Å². The molecule has 0 aromatic heterocycles. The molecule has 1 aromatic carbocycles. The van der Waals surface area contributed by atoms with Crippen LogP contribution in [0.3, 0.4) is 0 Å². The molecule has 1 aliphatic rings. The third-order valence-electron chi connectivity index (χ3n) is 3.36. The van der Waals surface area contributed by atoms with Gasteiger partial charge in [0.2, 0.25) is 0 Å². The highest BCUT2D eigenvalue weighted by atomic mass is 79.9. The Labute approximate surface area is 115 Å². The molecule has 0 nitrogen and oxygen atoms in total. The second-order valence-electron chi connectivity index (χ2n) is 4.66. The quantitative estimate of drug-likeness (QED) is 0.569. The number of fused-ring (bicyclic) bond motifs is 2. The van der Waals surface area contributed by atoms with E-state index in [4.69, 9.17) is 0 Å². The van der Waals surface area contributed by atoms with E-state index in [-0.39, 0.29) is 0 Å². The van der Waals surface area contributed by atoms with Gasteiger partial charge in [0, 0.05) is 8.95 Å². The number of benzene rings is 1. The monoisotopic (exact) mass is 344 g/mol. The molecule has 0 fully saturated rings. The third kappa shape index (κ3) is 3.33. The van der Waals surface area contributed by atoms with Crippen LogP contribution >= 0.6 is 31.9 Å². The van der Waals surface area contributed by atoms with Crippen LogP contribution in [0.5, 0.6) is 0 Å². The summed E-state index contributed by atoms with van der Waals surface area (Å²) in [6.45, 7) is 0. The van der Waals surface area contributed by atoms with E-state index in [2.05, 4.69) is 44.0 Å². The Morgan fingerprint density at radius 2 is 1.06 bits per heavy atom. The van der Waals surface area contributed by atoms with Crippen molar-refractivity contribution < 1.29 is 0 Å². The fourth-order valence-electron chi connectivity index (χ4n) is 2.37. The summed E-state index contributed by atoms with van der Waals surface area (Å²) in [4.78, 5) is 0. The topological polar surface area (TPSA) is 0 Å². The second kappa shape index (κ2) is 6.20. The predicted molar refractivity (Wildman–Crippen MR) is 77.0 cm³/mol. The number of hydrogen-bond donors (Lipinski definition) is 0. The Balaban J connectivity index is 2.23. The average molecular weight is 346 g/mol. The van der Waals surface area contributed by atoms with Gasteiger partial charge in [0.25, 0.3) is 0 Å². The fraction of sp³-hybridized carbons (Fsp3) is 0.571. The molecule has 0 saturated heterocycles. The van der Waals surface area contributed by atoms with Gasteiger partial charge in [0.05, 0.1) is 0 Å². The van der Waals surface area contributed by atoms with Gasteiger partial charge in [-0.25, -0.2) is 0 Å². The second-order valence-corrected chi connectivity index (χ2v) is 6.37. The van der Waals surface area contributed by atoms with Gasteiger partial charge in [0.15, 0.2) is 0 Å². The molecule has 88 valence electrons. The lowest BCUT2D eigenvalue weighted by Crippen LogP contribution is -1.92. The molecular weight excluding hydrogens is 328 g/mol. The van der Waals surface area contributed by atoms with Crippen molar-refractivity contribution in [2.24, 2.45) is 0 Å². The smallest absolute Gasteiger partial charge is 0.0218 e. The molecule has 2 heteroatoms. The minimum atomic E-state index is 1.22. The molecule has 2 bridgehead atoms. The molecule has 0 aliphatic heterocycles. The first-order valence-corrected chi connectivity index (χ1v) is 7.83. The highest BCUT2D eigenvalue weighted by Crippen LogP contribution is 2.29. The summed E-state index contributed by atoms with van der Waals surface area (Å²) in [5.41, 5.74) is 2.97. The summed E-state index contributed by atoms with van der Waals surface area (Å²) >= 11 is 7.34. The maximum absolute atomic E-state index is 3.67. The van der Waals surface area contributed by atoms with Crippen LogP contribution in [0.25, 0.3) is 0 Å². The van der Waals surface area contributed by atoms with Crippen LogP contribution in [-0.2, 0) is 12.8 Å². The highest BCUT2D eigenvalue weighted by molar-refractivity contribution is 9.11.